The van der Waals surface area contributed by atoms with Crippen molar-refractivity contribution in [3.05, 3.63) is 59.8 Å². The molecule has 1 saturated carbocycles. The Morgan fingerprint density at radius 2 is 1.93 bits per heavy atom. The quantitative estimate of drug-likeness (QED) is 0.507. The number of amides is 1. The Kier molecular flexibility index (Phi) is 5.73. The van der Waals surface area contributed by atoms with Crippen molar-refractivity contribution >= 4 is 23.3 Å². The van der Waals surface area contributed by atoms with Crippen LogP contribution in [0.15, 0.2) is 53.8 Å². The first-order chi connectivity index (χ1) is 14.3. The summed E-state index contributed by atoms with van der Waals surface area (Å²) in [6.45, 7) is 2.57. The van der Waals surface area contributed by atoms with Crippen LogP contribution in [-0.2, 0) is 17.5 Å². The summed E-state index contributed by atoms with van der Waals surface area (Å²) < 4.78 is 40.4. The SMILES string of the molecule is CC(C1CC1)N(Cc1ccccc1)C(=O)CSc1nnc2ccc(C(F)(F)F)cn12. The molecular weight excluding hydrogens is 413 g/mol. The summed E-state index contributed by atoms with van der Waals surface area (Å²) in [6, 6.07) is 12.1. The summed E-state index contributed by atoms with van der Waals surface area (Å²) in [7, 11) is 0. The fourth-order valence-corrected chi connectivity index (χ4v) is 4.22. The molecule has 1 aliphatic rings. The molecule has 1 aliphatic carbocycles. The molecule has 1 unspecified atom stereocenters. The molecule has 2 heterocycles. The maximum Gasteiger partial charge on any atom is 0.417 e. The summed E-state index contributed by atoms with van der Waals surface area (Å²) in [6.07, 6.45) is -1.26. The van der Waals surface area contributed by atoms with E-state index >= 15 is 0 Å². The number of halogens is 3. The number of fused-ring (bicyclic) bond motifs is 1. The van der Waals surface area contributed by atoms with Gasteiger partial charge in [-0.1, -0.05) is 42.1 Å². The number of carbonyl (C=O) groups excluding carboxylic acids is 1. The van der Waals surface area contributed by atoms with Crippen molar-refractivity contribution in [3.8, 4) is 0 Å². The van der Waals surface area contributed by atoms with Crippen LogP contribution in [0.2, 0.25) is 0 Å². The molecule has 0 aliphatic heterocycles. The highest BCUT2D eigenvalue weighted by atomic mass is 32.2. The second-order valence-electron chi connectivity index (χ2n) is 7.50. The molecule has 158 valence electrons. The van der Waals surface area contributed by atoms with Crippen LogP contribution in [0.3, 0.4) is 0 Å². The van der Waals surface area contributed by atoms with Gasteiger partial charge < -0.3 is 4.90 Å². The molecule has 4 rings (SSSR count). The molecule has 1 aromatic carbocycles. The Balaban J connectivity index is 1.50. The number of hydrogen-bond donors (Lipinski definition) is 0. The molecule has 5 nitrogen and oxygen atoms in total. The van der Waals surface area contributed by atoms with Gasteiger partial charge in [0.1, 0.15) is 0 Å². The molecule has 2 aromatic heterocycles. The van der Waals surface area contributed by atoms with Gasteiger partial charge in [0.15, 0.2) is 10.8 Å². The number of nitrogens with zero attached hydrogens (tertiary/aromatic N) is 4. The van der Waals surface area contributed by atoms with E-state index in [0.717, 1.165) is 42.4 Å². The molecule has 0 saturated heterocycles. The van der Waals surface area contributed by atoms with E-state index in [4.69, 9.17) is 0 Å². The third-order valence-electron chi connectivity index (χ3n) is 5.34. The smallest absolute Gasteiger partial charge is 0.335 e. The topological polar surface area (TPSA) is 50.5 Å². The van der Waals surface area contributed by atoms with Crippen LogP contribution in [0.5, 0.6) is 0 Å². The first-order valence-electron chi connectivity index (χ1n) is 9.71. The predicted octanol–water partition coefficient (Wildman–Crippen LogP) is 4.67. The molecule has 0 spiro atoms. The lowest BCUT2D eigenvalue weighted by Crippen LogP contribution is -2.40. The summed E-state index contributed by atoms with van der Waals surface area (Å²) in [5.74, 6) is 0.527. The molecule has 30 heavy (non-hydrogen) atoms. The average Bonchev–Trinajstić information content (AvgIpc) is 3.50. The standard InChI is InChI=1S/C21H21F3N4OS/c1-14(16-7-8-16)27(11-15-5-3-2-4-6-15)19(29)13-30-20-26-25-18-10-9-17(12-28(18)20)21(22,23)24/h2-6,9-10,12,14,16H,7-8,11,13H2,1H3. The van der Waals surface area contributed by atoms with Crippen molar-refractivity contribution in [2.24, 2.45) is 5.92 Å². The third-order valence-corrected chi connectivity index (χ3v) is 6.26. The van der Waals surface area contributed by atoms with Gasteiger partial charge in [-0.25, -0.2) is 0 Å². The predicted molar refractivity (Wildman–Crippen MR) is 108 cm³/mol. The maximum absolute atomic E-state index is 13.0. The molecule has 0 N–H and O–H groups in total. The van der Waals surface area contributed by atoms with E-state index in [1.165, 1.54) is 10.5 Å². The highest BCUT2D eigenvalue weighted by Gasteiger charge is 2.34. The molecule has 0 radical (unpaired) electrons. The lowest BCUT2D eigenvalue weighted by Gasteiger charge is -2.29. The number of pyridine rings is 1. The second kappa shape index (κ2) is 8.29. The van der Waals surface area contributed by atoms with Crippen LogP contribution in [0.1, 0.15) is 30.9 Å². The molecule has 3 aromatic rings. The summed E-state index contributed by atoms with van der Waals surface area (Å²) in [4.78, 5) is 14.9. The minimum atomic E-state index is -4.46. The zero-order valence-electron chi connectivity index (χ0n) is 16.3. The highest BCUT2D eigenvalue weighted by molar-refractivity contribution is 7.99. The molecule has 1 fully saturated rings. The average molecular weight is 434 g/mol. The molecular formula is C21H21F3N4OS. The first kappa shape index (κ1) is 20.7. The van der Waals surface area contributed by atoms with Crippen LogP contribution in [0, 0.1) is 5.92 Å². The minimum absolute atomic E-state index is 0.0630. The molecule has 1 atom stereocenters. The number of alkyl halides is 3. The van der Waals surface area contributed by atoms with Crippen molar-refractivity contribution in [2.45, 2.75) is 43.7 Å². The van der Waals surface area contributed by atoms with Crippen molar-refractivity contribution in [3.63, 3.8) is 0 Å². The van der Waals surface area contributed by atoms with Crippen molar-refractivity contribution in [2.75, 3.05) is 5.75 Å². The van der Waals surface area contributed by atoms with Gasteiger partial charge in [0.2, 0.25) is 5.91 Å². The van der Waals surface area contributed by atoms with Gasteiger partial charge >= 0.3 is 6.18 Å². The van der Waals surface area contributed by atoms with E-state index in [1.54, 1.807) is 0 Å². The number of carbonyl (C=O) groups is 1. The number of rotatable bonds is 7. The Labute approximate surface area is 176 Å². The van der Waals surface area contributed by atoms with E-state index in [0.29, 0.717) is 18.1 Å². The molecule has 0 bridgehead atoms. The van der Waals surface area contributed by atoms with Crippen molar-refractivity contribution in [1.29, 1.82) is 0 Å². The van der Waals surface area contributed by atoms with E-state index in [-0.39, 0.29) is 22.9 Å². The monoisotopic (exact) mass is 434 g/mol. The van der Waals surface area contributed by atoms with Crippen molar-refractivity contribution in [1.82, 2.24) is 19.5 Å². The number of hydrogen-bond acceptors (Lipinski definition) is 4. The summed E-state index contributed by atoms with van der Waals surface area (Å²) in [5.41, 5.74) is 0.576. The van der Waals surface area contributed by atoms with Crippen LogP contribution >= 0.6 is 11.8 Å². The zero-order valence-corrected chi connectivity index (χ0v) is 17.2. The molecule has 9 heteroatoms. The van der Waals surface area contributed by atoms with Crippen LogP contribution < -0.4 is 0 Å². The fraction of sp³-hybridized carbons (Fsp3) is 0.381. The largest absolute Gasteiger partial charge is 0.417 e. The summed E-state index contributed by atoms with van der Waals surface area (Å²) >= 11 is 1.10. The lowest BCUT2D eigenvalue weighted by atomic mass is 10.1. The van der Waals surface area contributed by atoms with Crippen molar-refractivity contribution < 1.29 is 18.0 Å². The first-order valence-corrected chi connectivity index (χ1v) is 10.7. The Morgan fingerprint density at radius 1 is 1.20 bits per heavy atom. The van der Waals surface area contributed by atoms with Gasteiger partial charge in [-0.05, 0) is 43.4 Å². The minimum Gasteiger partial charge on any atom is -0.335 e. The Morgan fingerprint density at radius 3 is 2.60 bits per heavy atom. The summed E-state index contributed by atoms with van der Waals surface area (Å²) in [5, 5.41) is 8.14. The second-order valence-corrected chi connectivity index (χ2v) is 8.44. The maximum atomic E-state index is 13.0. The van der Waals surface area contributed by atoms with Gasteiger partial charge in [-0.15, -0.1) is 10.2 Å². The lowest BCUT2D eigenvalue weighted by molar-refractivity contribution is -0.138. The van der Waals surface area contributed by atoms with E-state index in [1.807, 2.05) is 35.2 Å². The fourth-order valence-electron chi connectivity index (χ4n) is 3.42. The third kappa shape index (κ3) is 4.61. The number of thioether (sulfide) groups is 1. The van der Waals surface area contributed by atoms with Gasteiger partial charge in [-0.3, -0.25) is 9.20 Å². The van der Waals surface area contributed by atoms with E-state index in [9.17, 15) is 18.0 Å². The highest BCUT2D eigenvalue weighted by Crippen LogP contribution is 2.36. The van der Waals surface area contributed by atoms with Crippen LogP contribution in [-0.4, -0.2) is 37.2 Å². The normalized spacial score (nSPS) is 15.3. The Bertz CT molecular complexity index is 1030. The van der Waals surface area contributed by atoms with E-state index in [2.05, 4.69) is 17.1 Å². The van der Waals surface area contributed by atoms with Gasteiger partial charge in [-0.2, -0.15) is 13.2 Å². The van der Waals surface area contributed by atoms with Gasteiger partial charge in [0, 0.05) is 18.8 Å². The van der Waals surface area contributed by atoms with Gasteiger partial charge in [0.05, 0.1) is 11.3 Å². The van der Waals surface area contributed by atoms with Gasteiger partial charge in [0.25, 0.3) is 0 Å². The number of benzene rings is 1. The number of aromatic nitrogens is 3. The molecule has 1 amide bonds. The zero-order chi connectivity index (χ0) is 21.3. The van der Waals surface area contributed by atoms with Crippen LogP contribution in [0.25, 0.3) is 5.65 Å². The Hall–Kier alpha value is -2.55. The van der Waals surface area contributed by atoms with Crippen LogP contribution in [0.4, 0.5) is 13.2 Å². The van der Waals surface area contributed by atoms with E-state index < -0.39 is 11.7 Å².